The van der Waals surface area contributed by atoms with Gasteiger partial charge in [0.05, 0.1) is 13.2 Å². The Balaban J connectivity index is 1.82. The SMILES string of the molecule is CCN(CCO)CC(=O)Nc1ccc(OCc2ccccc2)cc1. The number of aliphatic hydroxyl groups is 1. The van der Waals surface area contributed by atoms with E-state index in [2.05, 4.69) is 5.32 Å². The van der Waals surface area contributed by atoms with Crippen LogP contribution in [0.25, 0.3) is 0 Å². The number of amides is 1. The number of benzene rings is 2. The Morgan fingerprint density at radius 3 is 2.46 bits per heavy atom. The molecular weight excluding hydrogens is 304 g/mol. The Morgan fingerprint density at radius 2 is 1.83 bits per heavy atom. The summed E-state index contributed by atoms with van der Waals surface area (Å²) < 4.78 is 5.72. The summed E-state index contributed by atoms with van der Waals surface area (Å²) in [5.41, 5.74) is 1.84. The maximum absolute atomic E-state index is 12.0. The number of rotatable bonds is 9. The molecule has 0 saturated carbocycles. The molecule has 128 valence electrons. The molecule has 0 spiro atoms. The van der Waals surface area contributed by atoms with E-state index in [1.165, 1.54) is 0 Å². The summed E-state index contributed by atoms with van der Waals surface area (Å²) in [7, 11) is 0. The highest BCUT2D eigenvalue weighted by Gasteiger charge is 2.08. The molecule has 0 aliphatic heterocycles. The number of carbonyl (C=O) groups excluding carboxylic acids is 1. The van der Waals surface area contributed by atoms with Gasteiger partial charge in [0.1, 0.15) is 12.4 Å². The lowest BCUT2D eigenvalue weighted by Gasteiger charge is -2.18. The topological polar surface area (TPSA) is 61.8 Å². The van der Waals surface area contributed by atoms with Gasteiger partial charge in [0.25, 0.3) is 0 Å². The first kappa shape index (κ1) is 18.0. The Bertz CT molecular complexity index is 614. The highest BCUT2D eigenvalue weighted by atomic mass is 16.5. The maximum Gasteiger partial charge on any atom is 0.238 e. The van der Waals surface area contributed by atoms with Gasteiger partial charge in [0.15, 0.2) is 0 Å². The van der Waals surface area contributed by atoms with E-state index >= 15 is 0 Å². The van der Waals surface area contributed by atoms with Crippen LogP contribution in [0.5, 0.6) is 5.75 Å². The molecule has 0 saturated heterocycles. The average molecular weight is 328 g/mol. The van der Waals surface area contributed by atoms with Gasteiger partial charge in [-0.15, -0.1) is 0 Å². The van der Waals surface area contributed by atoms with Crippen LogP contribution < -0.4 is 10.1 Å². The molecule has 2 aromatic carbocycles. The molecule has 2 aromatic rings. The lowest BCUT2D eigenvalue weighted by molar-refractivity contribution is -0.117. The van der Waals surface area contributed by atoms with Crippen LogP contribution in [0.3, 0.4) is 0 Å². The predicted molar refractivity (Wildman–Crippen MR) is 95.0 cm³/mol. The molecule has 0 unspecified atom stereocenters. The summed E-state index contributed by atoms with van der Waals surface area (Å²) in [6.07, 6.45) is 0. The van der Waals surface area contributed by atoms with Crippen LogP contribution in [0, 0.1) is 0 Å². The fourth-order valence-corrected chi connectivity index (χ4v) is 2.27. The largest absolute Gasteiger partial charge is 0.489 e. The Morgan fingerprint density at radius 1 is 1.12 bits per heavy atom. The van der Waals surface area contributed by atoms with E-state index in [-0.39, 0.29) is 19.1 Å². The van der Waals surface area contributed by atoms with Crippen molar-refractivity contribution in [3.05, 3.63) is 60.2 Å². The maximum atomic E-state index is 12.0. The molecule has 0 radical (unpaired) electrons. The second-order valence-corrected chi connectivity index (χ2v) is 5.44. The number of nitrogens with one attached hydrogen (secondary N) is 1. The van der Waals surface area contributed by atoms with Crippen LogP contribution in [-0.2, 0) is 11.4 Å². The van der Waals surface area contributed by atoms with Gasteiger partial charge < -0.3 is 15.2 Å². The first-order chi connectivity index (χ1) is 11.7. The zero-order chi connectivity index (χ0) is 17.2. The van der Waals surface area contributed by atoms with E-state index in [9.17, 15) is 4.79 Å². The van der Waals surface area contributed by atoms with Crippen molar-refractivity contribution in [2.45, 2.75) is 13.5 Å². The molecule has 0 aliphatic carbocycles. The van der Waals surface area contributed by atoms with Crippen LogP contribution in [0.1, 0.15) is 12.5 Å². The fraction of sp³-hybridized carbons (Fsp3) is 0.316. The van der Waals surface area contributed by atoms with Crippen LogP contribution in [-0.4, -0.2) is 42.2 Å². The quantitative estimate of drug-likeness (QED) is 0.742. The molecule has 2 N–H and O–H groups in total. The lowest BCUT2D eigenvalue weighted by atomic mass is 10.2. The first-order valence-electron chi connectivity index (χ1n) is 8.11. The molecule has 1 amide bonds. The molecule has 0 aliphatic rings. The minimum Gasteiger partial charge on any atom is -0.489 e. The zero-order valence-electron chi connectivity index (χ0n) is 13.9. The van der Waals surface area contributed by atoms with Crippen molar-refractivity contribution in [1.82, 2.24) is 4.90 Å². The van der Waals surface area contributed by atoms with Gasteiger partial charge in [0, 0.05) is 12.2 Å². The normalized spacial score (nSPS) is 10.6. The lowest BCUT2D eigenvalue weighted by Crippen LogP contribution is -2.35. The van der Waals surface area contributed by atoms with Gasteiger partial charge in [-0.05, 0) is 36.4 Å². The Labute approximate surface area is 142 Å². The third kappa shape index (κ3) is 6.02. The summed E-state index contributed by atoms with van der Waals surface area (Å²) in [6, 6.07) is 17.3. The van der Waals surface area contributed by atoms with Gasteiger partial charge in [-0.25, -0.2) is 0 Å². The second-order valence-electron chi connectivity index (χ2n) is 5.44. The van der Waals surface area contributed by atoms with Crippen molar-refractivity contribution in [3.63, 3.8) is 0 Å². The molecule has 5 heteroatoms. The first-order valence-corrected chi connectivity index (χ1v) is 8.11. The highest BCUT2D eigenvalue weighted by molar-refractivity contribution is 5.92. The van der Waals surface area contributed by atoms with E-state index in [0.29, 0.717) is 13.2 Å². The molecule has 0 bridgehead atoms. The zero-order valence-corrected chi connectivity index (χ0v) is 13.9. The van der Waals surface area contributed by atoms with E-state index in [1.54, 1.807) is 0 Å². The average Bonchev–Trinajstić information content (AvgIpc) is 2.61. The molecule has 5 nitrogen and oxygen atoms in total. The van der Waals surface area contributed by atoms with Crippen LogP contribution in [0.4, 0.5) is 5.69 Å². The van der Waals surface area contributed by atoms with Crippen LogP contribution >= 0.6 is 0 Å². The number of anilines is 1. The number of aliphatic hydroxyl groups excluding tert-OH is 1. The summed E-state index contributed by atoms with van der Waals surface area (Å²) in [5.74, 6) is 0.663. The minimum absolute atomic E-state index is 0.0502. The van der Waals surface area contributed by atoms with E-state index < -0.39 is 0 Å². The number of carbonyl (C=O) groups is 1. The molecule has 2 rings (SSSR count). The van der Waals surface area contributed by atoms with E-state index in [4.69, 9.17) is 9.84 Å². The van der Waals surface area contributed by atoms with Gasteiger partial charge in [-0.3, -0.25) is 9.69 Å². The summed E-state index contributed by atoms with van der Waals surface area (Å²) in [6.45, 7) is 4.01. The van der Waals surface area contributed by atoms with Crippen molar-refractivity contribution >= 4 is 11.6 Å². The van der Waals surface area contributed by atoms with Gasteiger partial charge in [-0.1, -0.05) is 37.3 Å². The molecule has 24 heavy (non-hydrogen) atoms. The van der Waals surface area contributed by atoms with Gasteiger partial charge in [-0.2, -0.15) is 0 Å². The van der Waals surface area contributed by atoms with Gasteiger partial charge >= 0.3 is 0 Å². The van der Waals surface area contributed by atoms with Crippen molar-refractivity contribution < 1.29 is 14.6 Å². The minimum atomic E-state index is -0.0942. The summed E-state index contributed by atoms with van der Waals surface area (Å²) >= 11 is 0. The summed E-state index contributed by atoms with van der Waals surface area (Å²) in [4.78, 5) is 13.9. The number of hydrogen-bond donors (Lipinski definition) is 2. The molecule has 0 fully saturated rings. The van der Waals surface area contributed by atoms with Gasteiger partial charge in [0.2, 0.25) is 5.91 Å². The third-order valence-electron chi connectivity index (χ3n) is 3.62. The van der Waals surface area contributed by atoms with Crippen molar-refractivity contribution in [3.8, 4) is 5.75 Å². The Hall–Kier alpha value is -2.37. The smallest absolute Gasteiger partial charge is 0.238 e. The standard InChI is InChI=1S/C19H24N2O3/c1-2-21(12-13-22)14-19(23)20-17-8-10-18(11-9-17)24-15-16-6-4-3-5-7-16/h3-11,22H,2,12-15H2,1H3,(H,20,23). The van der Waals surface area contributed by atoms with E-state index in [0.717, 1.165) is 23.5 Å². The molecule has 0 atom stereocenters. The van der Waals surface area contributed by atoms with Crippen molar-refractivity contribution in [2.75, 3.05) is 31.6 Å². The number of hydrogen-bond acceptors (Lipinski definition) is 4. The number of ether oxygens (including phenoxy) is 1. The predicted octanol–water partition coefficient (Wildman–Crippen LogP) is 2.52. The second kappa shape index (κ2) is 9.70. The summed E-state index contributed by atoms with van der Waals surface area (Å²) in [5, 5.41) is 11.8. The third-order valence-corrected chi connectivity index (χ3v) is 3.62. The number of nitrogens with zero attached hydrogens (tertiary/aromatic N) is 1. The fourth-order valence-electron chi connectivity index (χ4n) is 2.27. The van der Waals surface area contributed by atoms with Crippen molar-refractivity contribution in [1.29, 1.82) is 0 Å². The Kier molecular flexibility index (Phi) is 7.26. The van der Waals surface area contributed by atoms with Crippen LogP contribution in [0.2, 0.25) is 0 Å². The molecular formula is C19H24N2O3. The highest BCUT2D eigenvalue weighted by Crippen LogP contribution is 2.17. The van der Waals surface area contributed by atoms with E-state index in [1.807, 2.05) is 66.4 Å². The monoisotopic (exact) mass is 328 g/mol. The number of likely N-dealkylation sites (N-methyl/N-ethyl adjacent to an activating group) is 1. The van der Waals surface area contributed by atoms with Crippen LogP contribution in [0.15, 0.2) is 54.6 Å². The van der Waals surface area contributed by atoms with Crippen molar-refractivity contribution in [2.24, 2.45) is 0 Å². The molecule has 0 aromatic heterocycles. The molecule has 0 heterocycles.